The fraction of sp³-hybridized carbons (Fsp3) is 0.200. The van der Waals surface area contributed by atoms with E-state index in [4.69, 9.17) is 17.3 Å². The Balaban J connectivity index is 1.93. The highest BCUT2D eigenvalue weighted by Gasteiger charge is 2.11. The van der Waals surface area contributed by atoms with Crippen LogP contribution in [0.25, 0.3) is 0 Å². The number of nitrogens with two attached hydrogens (primary N) is 1. The highest BCUT2D eigenvalue weighted by atomic mass is 35.5. The Labute approximate surface area is 108 Å². The molecule has 0 atom stereocenters. The molecule has 0 unspecified atom stereocenters. The van der Waals surface area contributed by atoms with Gasteiger partial charge < -0.3 is 11.1 Å². The topological polar surface area (TPSA) is 98.7 Å². The summed E-state index contributed by atoms with van der Waals surface area (Å²) >= 11 is 5.81. The van der Waals surface area contributed by atoms with Crippen LogP contribution in [0.2, 0.25) is 5.15 Å². The van der Waals surface area contributed by atoms with E-state index in [0.717, 1.165) is 0 Å². The van der Waals surface area contributed by atoms with Gasteiger partial charge in [0.1, 0.15) is 5.15 Å². The quantitative estimate of drug-likeness (QED) is 0.778. The number of carbonyl (C=O) groups excluding carboxylic acids is 1. The molecule has 2 aromatic heterocycles. The van der Waals surface area contributed by atoms with Gasteiger partial charge in [-0.05, 0) is 6.07 Å². The van der Waals surface area contributed by atoms with Gasteiger partial charge in [0.05, 0.1) is 30.2 Å². The number of nitrogens with one attached hydrogen (secondary N) is 1. The lowest BCUT2D eigenvalue weighted by Crippen LogP contribution is -2.27. The highest BCUT2D eigenvalue weighted by Crippen LogP contribution is 2.15. The molecule has 0 aliphatic rings. The third-order valence-corrected chi connectivity index (χ3v) is 2.50. The van der Waals surface area contributed by atoms with Crippen LogP contribution in [0.1, 0.15) is 10.4 Å². The molecule has 0 aliphatic heterocycles. The summed E-state index contributed by atoms with van der Waals surface area (Å²) in [5.74, 6) is -0.320. The number of aromatic nitrogens is 4. The average Bonchev–Trinajstić information content (AvgIpc) is 2.85. The smallest absolute Gasteiger partial charge is 0.254 e. The molecule has 0 aromatic carbocycles. The number of anilines is 1. The van der Waals surface area contributed by atoms with Crippen molar-refractivity contribution in [3.05, 3.63) is 35.4 Å². The number of nitrogens with zero attached hydrogens (tertiary/aromatic N) is 4. The van der Waals surface area contributed by atoms with Gasteiger partial charge in [-0.2, -0.15) is 0 Å². The zero-order valence-corrected chi connectivity index (χ0v) is 10.1. The second-order valence-electron chi connectivity index (χ2n) is 3.53. The molecule has 2 rings (SSSR count). The Morgan fingerprint density at radius 3 is 3.11 bits per heavy atom. The molecular weight excluding hydrogens is 256 g/mol. The first kappa shape index (κ1) is 12.3. The largest absolute Gasteiger partial charge is 0.397 e. The minimum atomic E-state index is -0.320. The molecule has 18 heavy (non-hydrogen) atoms. The molecule has 3 N–H and O–H groups in total. The summed E-state index contributed by atoms with van der Waals surface area (Å²) in [5.41, 5.74) is 6.20. The molecule has 0 spiro atoms. The van der Waals surface area contributed by atoms with Crippen molar-refractivity contribution in [2.45, 2.75) is 6.54 Å². The van der Waals surface area contributed by atoms with Crippen LogP contribution in [-0.4, -0.2) is 32.4 Å². The van der Waals surface area contributed by atoms with Gasteiger partial charge in [-0.1, -0.05) is 16.8 Å². The predicted molar refractivity (Wildman–Crippen MR) is 66.0 cm³/mol. The molecule has 1 amide bonds. The fourth-order valence-electron chi connectivity index (χ4n) is 1.35. The van der Waals surface area contributed by atoms with Crippen LogP contribution in [0.4, 0.5) is 5.69 Å². The lowest BCUT2D eigenvalue weighted by atomic mass is 10.2. The van der Waals surface area contributed by atoms with Gasteiger partial charge in [0, 0.05) is 12.7 Å². The van der Waals surface area contributed by atoms with Crippen molar-refractivity contribution in [3.8, 4) is 0 Å². The zero-order valence-electron chi connectivity index (χ0n) is 9.38. The highest BCUT2D eigenvalue weighted by molar-refractivity contribution is 6.32. The summed E-state index contributed by atoms with van der Waals surface area (Å²) in [5, 5.41) is 10.3. The molecule has 0 fully saturated rings. The standard InChI is InChI=1S/C10H11ClN6O/c11-9-8(5-7(12)6-14-9)10(18)13-1-3-17-4-2-15-16-17/h2,4-6H,1,3,12H2,(H,13,18). The molecule has 2 heterocycles. The van der Waals surface area contributed by atoms with Gasteiger partial charge in [-0.15, -0.1) is 5.10 Å². The van der Waals surface area contributed by atoms with Crippen molar-refractivity contribution >= 4 is 23.2 Å². The van der Waals surface area contributed by atoms with Crippen LogP contribution in [0.15, 0.2) is 24.7 Å². The van der Waals surface area contributed by atoms with Gasteiger partial charge >= 0.3 is 0 Å². The number of halogens is 1. The van der Waals surface area contributed by atoms with E-state index in [1.54, 1.807) is 17.1 Å². The number of nitrogen functional groups attached to an aromatic ring is 1. The minimum Gasteiger partial charge on any atom is -0.397 e. The van der Waals surface area contributed by atoms with E-state index in [9.17, 15) is 4.79 Å². The number of amides is 1. The summed E-state index contributed by atoms with van der Waals surface area (Å²) < 4.78 is 1.61. The molecule has 0 saturated carbocycles. The van der Waals surface area contributed by atoms with E-state index in [1.165, 1.54) is 12.3 Å². The SMILES string of the molecule is Nc1cnc(Cl)c(C(=O)NCCn2ccnn2)c1. The summed E-state index contributed by atoms with van der Waals surface area (Å²) in [6.45, 7) is 0.937. The monoisotopic (exact) mass is 266 g/mol. The van der Waals surface area contributed by atoms with E-state index in [0.29, 0.717) is 18.8 Å². The molecule has 0 aliphatic carbocycles. The van der Waals surface area contributed by atoms with Crippen molar-refractivity contribution in [2.24, 2.45) is 0 Å². The van der Waals surface area contributed by atoms with Crippen LogP contribution in [0.5, 0.6) is 0 Å². The average molecular weight is 267 g/mol. The maximum atomic E-state index is 11.8. The third-order valence-electron chi connectivity index (χ3n) is 2.20. The molecule has 94 valence electrons. The second-order valence-corrected chi connectivity index (χ2v) is 3.89. The summed E-state index contributed by atoms with van der Waals surface area (Å²) in [4.78, 5) is 15.6. The number of rotatable bonds is 4. The normalized spacial score (nSPS) is 10.3. The molecule has 7 nitrogen and oxygen atoms in total. The minimum absolute atomic E-state index is 0.127. The third kappa shape index (κ3) is 2.95. The fourth-order valence-corrected chi connectivity index (χ4v) is 1.54. The van der Waals surface area contributed by atoms with Crippen molar-refractivity contribution < 1.29 is 4.79 Å². The lowest BCUT2D eigenvalue weighted by molar-refractivity contribution is 0.0951. The summed E-state index contributed by atoms with van der Waals surface area (Å²) in [7, 11) is 0. The van der Waals surface area contributed by atoms with Crippen LogP contribution in [0.3, 0.4) is 0 Å². The van der Waals surface area contributed by atoms with Crippen molar-refractivity contribution in [1.29, 1.82) is 0 Å². The lowest BCUT2D eigenvalue weighted by Gasteiger charge is -2.06. The van der Waals surface area contributed by atoms with Crippen LogP contribution >= 0.6 is 11.6 Å². The Bertz CT molecular complexity index is 541. The summed E-state index contributed by atoms with van der Waals surface area (Å²) in [6, 6.07) is 1.49. The molecule has 0 bridgehead atoms. The Kier molecular flexibility index (Phi) is 3.73. The van der Waals surface area contributed by atoms with Crippen LogP contribution in [-0.2, 0) is 6.54 Å². The van der Waals surface area contributed by atoms with E-state index < -0.39 is 0 Å². The van der Waals surface area contributed by atoms with Crippen molar-refractivity contribution in [3.63, 3.8) is 0 Å². The predicted octanol–water partition coefficient (Wildman–Crippen LogP) is 0.339. The van der Waals surface area contributed by atoms with Gasteiger partial charge in [-0.25, -0.2) is 4.98 Å². The Hall–Kier alpha value is -2.15. The number of pyridine rings is 1. The van der Waals surface area contributed by atoms with Gasteiger partial charge in [0.15, 0.2) is 0 Å². The molecular formula is C10H11ClN6O. The van der Waals surface area contributed by atoms with Gasteiger partial charge in [0.2, 0.25) is 0 Å². The Morgan fingerprint density at radius 1 is 1.56 bits per heavy atom. The van der Waals surface area contributed by atoms with E-state index in [2.05, 4.69) is 20.6 Å². The van der Waals surface area contributed by atoms with Crippen molar-refractivity contribution in [2.75, 3.05) is 12.3 Å². The van der Waals surface area contributed by atoms with Crippen LogP contribution < -0.4 is 11.1 Å². The first-order valence-electron chi connectivity index (χ1n) is 5.20. The molecule has 8 heteroatoms. The number of hydrogen-bond donors (Lipinski definition) is 2. The van der Waals surface area contributed by atoms with E-state index in [1.807, 2.05) is 0 Å². The Morgan fingerprint density at radius 2 is 2.39 bits per heavy atom. The zero-order chi connectivity index (χ0) is 13.0. The second kappa shape index (κ2) is 5.46. The van der Waals surface area contributed by atoms with E-state index in [-0.39, 0.29) is 16.6 Å². The van der Waals surface area contributed by atoms with Crippen LogP contribution in [0, 0.1) is 0 Å². The van der Waals surface area contributed by atoms with Crippen molar-refractivity contribution in [1.82, 2.24) is 25.3 Å². The maximum Gasteiger partial charge on any atom is 0.254 e. The number of carbonyl (C=O) groups is 1. The molecule has 2 aromatic rings. The summed E-state index contributed by atoms with van der Waals surface area (Å²) in [6.07, 6.45) is 4.68. The van der Waals surface area contributed by atoms with Gasteiger partial charge in [0.25, 0.3) is 5.91 Å². The number of hydrogen-bond acceptors (Lipinski definition) is 5. The first-order chi connectivity index (χ1) is 8.66. The molecule has 0 radical (unpaired) electrons. The maximum absolute atomic E-state index is 11.8. The first-order valence-corrected chi connectivity index (χ1v) is 5.58. The molecule has 0 saturated heterocycles. The van der Waals surface area contributed by atoms with Gasteiger partial charge in [-0.3, -0.25) is 9.48 Å². The van der Waals surface area contributed by atoms with E-state index >= 15 is 0 Å².